The van der Waals surface area contributed by atoms with Crippen molar-refractivity contribution in [3.63, 3.8) is 0 Å². The molecule has 0 aliphatic rings. The number of hydrogen-bond donors (Lipinski definition) is 1. The van der Waals surface area contributed by atoms with Gasteiger partial charge < -0.3 is 14.5 Å². The number of halogens is 1. The molecule has 1 aromatic carbocycles. The number of hydrogen-bond acceptors (Lipinski definition) is 4. The van der Waals surface area contributed by atoms with Gasteiger partial charge in [-0.15, -0.1) is 0 Å². The number of ether oxygens (including phenoxy) is 1. The Morgan fingerprint density at radius 1 is 1.42 bits per heavy atom. The molecule has 1 aromatic heterocycles. The molecule has 0 aliphatic heterocycles. The maximum atomic E-state index is 5.71. The Bertz CT molecular complexity index is 540. The van der Waals surface area contributed by atoms with Crippen LogP contribution in [0.25, 0.3) is 11.3 Å². The highest BCUT2D eigenvalue weighted by molar-refractivity contribution is 9.10. The predicted molar refractivity (Wildman–Crippen MR) is 78.0 cm³/mol. The highest BCUT2D eigenvalue weighted by atomic mass is 79.9. The molecule has 0 saturated carbocycles. The summed E-state index contributed by atoms with van der Waals surface area (Å²) in [5, 5.41) is 3.20. The number of oxazole rings is 1. The largest absolute Gasteiger partial charge is 0.439 e. The van der Waals surface area contributed by atoms with E-state index >= 15 is 0 Å². The van der Waals surface area contributed by atoms with Gasteiger partial charge in [0.15, 0.2) is 5.76 Å². The van der Waals surface area contributed by atoms with Gasteiger partial charge >= 0.3 is 0 Å². The fraction of sp³-hybridized carbons (Fsp3) is 0.357. The Morgan fingerprint density at radius 3 is 3.00 bits per heavy atom. The molecule has 0 saturated heterocycles. The molecule has 2 aromatic rings. The van der Waals surface area contributed by atoms with E-state index in [1.165, 1.54) is 5.56 Å². The molecule has 5 heteroatoms. The van der Waals surface area contributed by atoms with Gasteiger partial charge in [-0.3, -0.25) is 0 Å². The van der Waals surface area contributed by atoms with E-state index in [0.717, 1.165) is 22.3 Å². The maximum Gasteiger partial charge on any atom is 0.208 e. The Labute approximate surface area is 121 Å². The van der Waals surface area contributed by atoms with Crippen molar-refractivity contribution in [1.82, 2.24) is 10.3 Å². The highest BCUT2D eigenvalue weighted by Gasteiger charge is 2.07. The third-order valence-electron chi connectivity index (χ3n) is 2.77. The fourth-order valence-corrected chi connectivity index (χ4v) is 2.02. The first-order valence-electron chi connectivity index (χ1n) is 6.11. The summed E-state index contributed by atoms with van der Waals surface area (Å²) in [5.74, 6) is 1.46. The molecule has 0 bridgehead atoms. The number of methoxy groups -OCH3 is 1. The second kappa shape index (κ2) is 6.84. The van der Waals surface area contributed by atoms with Crippen LogP contribution in [-0.2, 0) is 11.3 Å². The van der Waals surface area contributed by atoms with Crippen molar-refractivity contribution >= 4 is 15.9 Å². The molecule has 0 spiro atoms. The van der Waals surface area contributed by atoms with Gasteiger partial charge in [-0.1, -0.05) is 28.1 Å². The van der Waals surface area contributed by atoms with Gasteiger partial charge in [0.25, 0.3) is 0 Å². The molecule has 2 rings (SSSR count). The van der Waals surface area contributed by atoms with Crippen LogP contribution in [-0.4, -0.2) is 25.2 Å². The quantitative estimate of drug-likeness (QED) is 0.829. The maximum absolute atomic E-state index is 5.71. The van der Waals surface area contributed by atoms with Crippen LogP contribution in [0.15, 0.2) is 33.3 Å². The topological polar surface area (TPSA) is 47.3 Å². The lowest BCUT2D eigenvalue weighted by molar-refractivity contribution is 0.198. The van der Waals surface area contributed by atoms with E-state index < -0.39 is 0 Å². The third-order valence-corrected chi connectivity index (χ3v) is 3.62. The molecule has 4 nitrogen and oxygen atoms in total. The van der Waals surface area contributed by atoms with Gasteiger partial charge in [0.1, 0.15) is 0 Å². The zero-order valence-corrected chi connectivity index (χ0v) is 12.7. The van der Waals surface area contributed by atoms with Crippen LogP contribution < -0.4 is 5.32 Å². The van der Waals surface area contributed by atoms with Gasteiger partial charge in [-0.25, -0.2) is 4.98 Å². The summed E-state index contributed by atoms with van der Waals surface area (Å²) in [6.07, 6.45) is 1.75. The minimum atomic E-state index is 0.608. The summed E-state index contributed by atoms with van der Waals surface area (Å²) in [4.78, 5) is 4.26. The van der Waals surface area contributed by atoms with Crippen molar-refractivity contribution in [3.8, 4) is 11.3 Å². The van der Waals surface area contributed by atoms with E-state index in [1.54, 1.807) is 13.3 Å². The average molecular weight is 325 g/mol. The van der Waals surface area contributed by atoms with Crippen LogP contribution in [0.1, 0.15) is 11.5 Å². The van der Waals surface area contributed by atoms with E-state index in [2.05, 4.69) is 39.2 Å². The Morgan fingerprint density at radius 2 is 2.26 bits per heavy atom. The number of aryl methyl sites for hydroxylation is 1. The van der Waals surface area contributed by atoms with E-state index in [0.29, 0.717) is 19.0 Å². The van der Waals surface area contributed by atoms with E-state index in [1.807, 2.05) is 12.1 Å². The number of benzene rings is 1. The fourth-order valence-electron chi connectivity index (χ4n) is 1.64. The minimum Gasteiger partial charge on any atom is -0.439 e. The zero-order valence-electron chi connectivity index (χ0n) is 11.1. The summed E-state index contributed by atoms with van der Waals surface area (Å²) in [7, 11) is 1.68. The average Bonchev–Trinajstić information content (AvgIpc) is 2.87. The summed E-state index contributed by atoms with van der Waals surface area (Å²) >= 11 is 3.52. The van der Waals surface area contributed by atoms with Gasteiger partial charge in [0.05, 0.1) is 19.3 Å². The standard InChI is InChI=1S/C14H17BrN2O2/c1-10-3-4-11(7-12(10)15)13-8-17-14(19-13)9-16-5-6-18-2/h3-4,7-8,16H,5-6,9H2,1-2H3. The van der Waals surface area contributed by atoms with Crippen molar-refractivity contribution in [2.75, 3.05) is 20.3 Å². The summed E-state index contributed by atoms with van der Waals surface area (Å²) in [6.45, 7) is 4.12. The molecular weight excluding hydrogens is 308 g/mol. The van der Waals surface area contributed by atoms with Crippen LogP contribution in [0.4, 0.5) is 0 Å². The van der Waals surface area contributed by atoms with Gasteiger partial charge in [0, 0.05) is 23.7 Å². The second-order valence-electron chi connectivity index (χ2n) is 4.25. The van der Waals surface area contributed by atoms with Gasteiger partial charge in [0.2, 0.25) is 5.89 Å². The molecule has 102 valence electrons. The summed E-state index contributed by atoms with van der Waals surface area (Å²) in [6, 6.07) is 6.12. The van der Waals surface area contributed by atoms with E-state index in [9.17, 15) is 0 Å². The second-order valence-corrected chi connectivity index (χ2v) is 5.11. The minimum absolute atomic E-state index is 0.608. The van der Waals surface area contributed by atoms with Crippen molar-refractivity contribution in [2.45, 2.75) is 13.5 Å². The van der Waals surface area contributed by atoms with Crippen LogP contribution >= 0.6 is 15.9 Å². The molecule has 1 heterocycles. The molecule has 0 atom stereocenters. The van der Waals surface area contributed by atoms with Crippen LogP contribution in [0.2, 0.25) is 0 Å². The molecule has 0 amide bonds. The van der Waals surface area contributed by atoms with Gasteiger partial charge in [-0.2, -0.15) is 0 Å². The summed E-state index contributed by atoms with van der Waals surface area (Å²) in [5.41, 5.74) is 2.22. The molecule has 0 aliphatic carbocycles. The van der Waals surface area contributed by atoms with Crippen molar-refractivity contribution in [1.29, 1.82) is 0 Å². The molecule has 0 radical (unpaired) electrons. The first kappa shape index (κ1) is 14.2. The first-order valence-corrected chi connectivity index (χ1v) is 6.91. The first-order chi connectivity index (χ1) is 9.20. The van der Waals surface area contributed by atoms with Gasteiger partial charge in [-0.05, 0) is 18.6 Å². The Hall–Kier alpha value is -1.17. The molecule has 1 N–H and O–H groups in total. The van der Waals surface area contributed by atoms with Crippen LogP contribution in [0, 0.1) is 6.92 Å². The molecule has 19 heavy (non-hydrogen) atoms. The zero-order chi connectivity index (χ0) is 13.7. The number of aromatic nitrogens is 1. The summed E-state index contributed by atoms with van der Waals surface area (Å²) < 4.78 is 11.7. The highest BCUT2D eigenvalue weighted by Crippen LogP contribution is 2.26. The SMILES string of the molecule is COCCNCc1ncc(-c2ccc(C)c(Br)c2)o1. The lowest BCUT2D eigenvalue weighted by atomic mass is 10.1. The number of nitrogens with zero attached hydrogens (tertiary/aromatic N) is 1. The van der Waals surface area contributed by atoms with Crippen LogP contribution in [0.3, 0.4) is 0 Å². The third kappa shape index (κ3) is 3.89. The predicted octanol–water partition coefficient (Wildman–Crippen LogP) is 3.15. The normalized spacial score (nSPS) is 10.9. The van der Waals surface area contributed by atoms with E-state index in [-0.39, 0.29) is 0 Å². The Balaban J connectivity index is 2.01. The number of rotatable bonds is 6. The van der Waals surface area contributed by atoms with Crippen molar-refractivity contribution in [3.05, 3.63) is 40.3 Å². The van der Waals surface area contributed by atoms with E-state index in [4.69, 9.17) is 9.15 Å². The lowest BCUT2D eigenvalue weighted by Gasteiger charge is -2.01. The monoisotopic (exact) mass is 324 g/mol. The van der Waals surface area contributed by atoms with Crippen molar-refractivity contribution < 1.29 is 9.15 Å². The van der Waals surface area contributed by atoms with Crippen molar-refractivity contribution in [2.24, 2.45) is 0 Å². The number of nitrogens with one attached hydrogen (secondary N) is 1. The molecule has 0 unspecified atom stereocenters. The van der Waals surface area contributed by atoms with Crippen LogP contribution in [0.5, 0.6) is 0 Å². The molecule has 0 fully saturated rings. The smallest absolute Gasteiger partial charge is 0.208 e. The molecular formula is C14H17BrN2O2. The Kier molecular flexibility index (Phi) is 5.13. The lowest BCUT2D eigenvalue weighted by Crippen LogP contribution is -2.18.